The number of nitrogens with zero attached hydrogens (tertiary/aromatic N) is 1. The lowest BCUT2D eigenvalue weighted by Crippen LogP contribution is -2.40. The van der Waals surface area contributed by atoms with Crippen molar-refractivity contribution in [3.05, 3.63) is 35.6 Å². The van der Waals surface area contributed by atoms with E-state index in [1.54, 1.807) is 26.0 Å². The first-order valence-electron chi connectivity index (χ1n) is 7.77. The summed E-state index contributed by atoms with van der Waals surface area (Å²) in [4.78, 5) is 25.6. The molecule has 0 spiro atoms. The fraction of sp³-hybridized carbons (Fsp3) is 0.529. The van der Waals surface area contributed by atoms with Gasteiger partial charge in [0.1, 0.15) is 5.82 Å². The highest BCUT2D eigenvalue weighted by Gasteiger charge is 2.16. The monoisotopic (exact) mass is 323 g/mol. The molecule has 0 bridgehead atoms. The number of hydrogen-bond donors (Lipinski definition) is 2. The fourth-order valence-corrected chi connectivity index (χ4v) is 2.02. The van der Waals surface area contributed by atoms with E-state index in [-0.39, 0.29) is 36.1 Å². The van der Waals surface area contributed by atoms with E-state index in [0.717, 1.165) is 12.1 Å². The molecule has 6 heteroatoms. The lowest BCUT2D eigenvalue weighted by atomic mass is 10.0. The van der Waals surface area contributed by atoms with E-state index in [0.29, 0.717) is 6.42 Å². The third-order valence-electron chi connectivity index (χ3n) is 3.42. The van der Waals surface area contributed by atoms with Gasteiger partial charge in [0, 0.05) is 5.92 Å². The molecule has 0 aromatic heterocycles. The van der Waals surface area contributed by atoms with Crippen molar-refractivity contribution < 1.29 is 14.0 Å². The van der Waals surface area contributed by atoms with Crippen LogP contribution in [0.4, 0.5) is 4.39 Å². The predicted molar refractivity (Wildman–Crippen MR) is 88.3 cm³/mol. The molecular formula is C17H26FN3O2. The van der Waals surface area contributed by atoms with Gasteiger partial charge in [-0.1, -0.05) is 26.0 Å². The van der Waals surface area contributed by atoms with E-state index < -0.39 is 0 Å². The number of nitrogens with one attached hydrogen (secondary N) is 2. The van der Waals surface area contributed by atoms with Crippen molar-refractivity contribution in [3.63, 3.8) is 0 Å². The van der Waals surface area contributed by atoms with Crippen molar-refractivity contribution in [1.82, 2.24) is 15.5 Å². The van der Waals surface area contributed by atoms with Gasteiger partial charge in [0.05, 0.1) is 12.6 Å². The summed E-state index contributed by atoms with van der Waals surface area (Å²) in [7, 11) is 3.90. The maximum atomic E-state index is 13.1. The van der Waals surface area contributed by atoms with Gasteiger partial charge < -0.3 is 15.5 Å². The molecule has 128 valence electrons. The van der Waals surface area contributed by atoms with Crippen LogP contribution in [0.15, 0.2) is 24.3 Å². The Morgan fingerprint density at radius 1 is 1.17 bits per heavy atom. The van der Waals surface area contributed by atoms with Crippen molar-refractivity contribution in [2.45, 2.75) is 26.3 Å². The van der Waals surface area contributed by atoms with Crippen LogP contribution in [0.2, 0.25) is 0 Å². The minimum atomic E-state index is -0.310. The first-order valence-corrected chi connectivity index (χ1v) is 7.77. The van der Waals surface area contributed by atoms with Gasteiger partial charge >= 0.3 is 0 Å². The molecule has 1 aromatic rings. The number of rotatable bonds is 8. The van der Waals surface area contributed by atoms with E-state index in [9.17, 15) is 14.0 Å². The van der Waals surface area contributed by atoms with Gasteiger partial charge in [-0.05, 0) is 44.8 Å². The number of hydrogen-bond acceptors (Lipinski definition) is 3. The molecule has 0 fully saturated rings. The van der Waals surface area contributed by atoms with Gasteiger partial charge in [-0.15, -0.1) is 0 Å². The standard InChI is InChI=1S/C17H26FN3O2/c1-12(2)17(23)19-11-16(22)20-15(9-10-21(3)4)13-5-7-14(18)8-6-13/h5-8,12,15H,9-11H2,1-4H3,(H,19,23)(H,20,22). The minimum absolute atomic E-state index is 0.0589. The number of carbonyl (C=O) groups excluding carboxylic acids is 2. The van der Waals surface area contributed by atoms with Crippen molar-refractivity contribution in [3.8, 4) is 0 Å². The van der Waals surface area contributed by atoms with Crippen LogP contribution in [-0.2, 0) is 9.59 Å². The number of halogens is 1. The molecule has 2 amide bonds. The molecule has 0 radical (unpaired) electrons. The lowest BCUT2D eigenvalue weighted by Gasteiger charge is -2.21. The molecule has 5 nitrogen and oxygen atoms in total. The summed E-state index contributed by atoms with van der Waals surface area (Å²) in [6.45, 7) is 4.26. The Kier molecular flexibility index (Phi) is 7.68. The Morgan fingerprint density at radius 2 is 1.78 bits per heavy atom. The van der Waals surface area contributed by atoms with Gasteiger partial charge in [0.15, 0.2) is 0 Å². The average Bonchev–Trinajstić information content (AvgIpc) is 2.49. The summed E-state index contributed by atoms with van der Waals surface area (Å²) in [6, 6.07) is 5.88. The maximum absolute atomic E-state index is 13.1. The highest BCUT2D eigenvalue weighted by molar-refractivity contribution is 5.85. The molecule has 1 atom stereocenters. The fourth-order valence-electron chi connectivity index (χ4n) is 2.02. The highest BCUT2D eigenvalue weighted by atomic mass is 19.1. The molecule has 0 aliphatic rings. The molecule has 0 saturated heterocycles. The van der Waals surface area contributed by atoms with Gasteiger partial charge in [-0.25, -0.2) is 4.39 Å². The molecule has 1 unspecified atom stereocenters. The Hall–Kier alpha value is -1.95. The van der Waals surface area contributed by atoms with Gasteiger partial charge in [-0.3, -0.25) is 9.59 Å². The molecule has 2 N–H and O–H groups in total. The Morgan fingerprint density at radius 3 is 2.30 bits per heavy atom. The summed E-state index contributed by atoms with van der Waals surface area (Å²) in [6.07, 6.45) is 0.697. The van der Waals surface area contributed by atoms with Crippen LogP contribution in [0, 0.1) is 11.7 Å². The molecule has 0 aliphatic carbocycles. The van der Waals surface area contributed by atoms with Gasteiger partial charge in [0.25, 0.3) is 0 Å². The van der Waals surface area contributed by atoms with Crippen molar-refractivity contribution in [1.29, 1.82) is 0 Å². The number of amides is 2. The first kappa shape index (κ1) is 19.1. The molecule has 0 heterocycles. The van der Waals surface area contributed by atoms with E-state index in [4.69, 9.17) is 0 Å². The Labute approximate surface area is 137 Å². The van der Waals surface area contributed by atoms with Crippen LogP contribution < -0.4 is 10.6 Å². The summed E-state index contributed by atoms with van der Waals surface area (Å²) in [5.41, 5.74) is 0.844. The van der Waals surface area contributed by atoms with E-state index in [1.807, 2.05) is 19.0 Å². The van der Waals surface area contributed by atoms with E-state index in [1.165, 1.54) is 12.1 Å². The largest absolute Gasteiger partial charge is 0.348 e. The molecule has 0 aliphatic heterocycles. The summed E-state index contributed by atoms with van der Waals surface area (Å²) in [5, 5.41) is 5.49. The summed E-state index contributed by atoms with van der Waals surface area (Å²) in [5.74, 6) is -0.890. The SMILES string of the molecule is CC(C)C(=O)NCC(=O)NC(CCN(C)C)c1ccc(F)cc1. The van der Waals surface area contributed by atoms with Crippen LogP contribution in [0.1, 0.15) is 31.9 Å². The second-order valence-electron chi connectivity index (χ2n) is 6.14. The van der Waals surface area contributed by atoms with E-state index in [2.05, 4.69) is 10.6 Å². The number of benzene rings is 1. The zero-order valence-electron chi connectivity index (χ0n) is 14.2. The Balaban J connectivity index is 2.66. The summed E-state index contributed by atoms with van der Waals surface area (Å²) < 4.78 is 13.1. The quantitative estimate of drug-likeness (QED) is 0.765. The first-order chi connectivity index (χ1) is 10.8. The van der Waals surface area contributed by atoms with Crippen molar-refractivity contribution in [2.24, 2.45) is 5.92 Å². The summed E-state index contributed by atoms with van der Waals surface area (Å²) >= 11 is 0. The molecular weight excluding hydrogens is 297 g/mol. The molecule has 0 saturated carbocycles. The zero-order valence-corrected chi connectivity index (χ0v) is 14.2. The third kappa shape index (κ3) is 7.23. The third-order valence-corrected chi connectivity index (χ3v) is 3.42. The van der Waals surface area contributed by atoms with Crippen LogP contribution in [0.25, 0.3) is 0 Å². The topological polar surface area (TPSA) is 61.4 Å². The smallest absolute Gasteiger partial charge is 0.239 e. The second kappa shape index (κ2) is 9.25. The van der Waals surface area contributed by atoms with E-state index >= 15 is 0 Å². The lowest BCUT2D eigenvalue weighted by molar-refractivity contribution is -0.128. The average molecular weight is 323 g/mol. The van der Waals surface area contributed by atoms with Crippen molar-refractivity contribution >= 4 is 11.8 Å². The van der Waals surface area contributed by atoms with Gasteiger partial charge in [-0.2, -0.15) is 0 Å². The predicted octanol–water partition coefficient (Wildman–Crippen LogP) is 1.71. The Bertz CT molecular complexity index is 515. The maximum Gasteiger partial charge on any atom is 0.239 e. The van der Waals surface area contributed by atoms with Crippen LogP contribution >= 0.6 is 0 Å². The zero-order chi connectivity index (χ0) is 17.4. The minimum Gasteiger partial charge on any atom is -0.348 e. The van der Waals surface area contributed by atoms with Crippen LogP contribution in [0.5, 0.6) is 0 Å². The van der Waals surface area contributed by atoms with Crippen LogP contribution in [-0.4, -0.2) is 43.9 Å². The highest BCUT2D eigenvalue weighted by Crippen LogP contribution is 2.17. The van der Waals surface area contributed by atoms with Gasteiger partial charge in [0.2, 0.25) is 11.8 Å². The second-order valence-corrected chi connectivity index (χ2v) is 6.14. The molecule has 1 aromatic carbocycles. The van der Waals surface area contributed by atoms with Crippen LogP contribution in [0.3, 0.4) is 0 Å². The molecule has 23 heavy (non-hydrogen) atoms. The molecule has 1 rings (SSSR count). The van der Waals surface area contributed by atoms with Crippen molar-refractivity contribution in [2.75, 3.05) is 27.2 Å². The normalized spacial score (nSPS) is 12.3. The number of carbonyl (C=O) groups is 2.